The Kier molecular flexibility index (Phi) is 3.57. The molecule has 0 aliphatic rings. The molecule has 0 saturated heterocycles. The van der Waals surface area contributed by atoms with Gasteiger partial charge in [0.05, 0.1) is 0 Å². The van der Waals surface area contributed by atoms with E-state index in [1.54, 1.807) is 0 Å². The Balaban J connectivity index is 3.69. The molecule has 0 amide bonds. The molecule has 0 aromatic carbocycles. The zero-order chi connectivity index (χ0) is 6.57. The number of rotatable bonds is 3. The van der Waals surface area contributed by atoms with E-state index in [-0.39, 0.29) is 14.2 Å². The topological polar surface area (TPSA) is 43.4 Å². The van der Waals surface area contributed by atoms with Crippen LogP contribution in [0, 0.1) is 0 Å². The zero-order valence-electron chi connectivity index (χ0n) is 4.75. The Morgan fingerprint density at radius 2 is 2.25 bits per heavy atom. The Morgan fingerprint density at radius 3 is 2.25 bits per heavy atom. The van der Waals surface area contributed by atoms with Gasteiger partial charge in [-0.05, 0) is 6.92 Å². The third kappa shape index (κ3) is 2.15. The molecule has 46 valence electrons. The van der Waals surface area contributed by atoms with E-state index in [1.807, 2.05) is 0 Å². The minimum absolute atomic E-state index is 0.218. The van der Waals surface area contributed by atoms with Crippen LogP contribution < -0.4 is 0 Å². The second kappa shape index (κ2) is 3.70. The van der Waals surface area contributed by atoms with Gasteiger partial charge >= 0.3 is 0 Å². The average Bonchev–Trinajstić information content (AvgIpc) is 1.69. The van der Waals surface area contributed by atoms with Crippen molar-refractivity contribution in [3.05, 3.63) is 0 Å². The maximum atomic E-state index is 10.3. The molecular weight excluding hydrogens is 127 g/mol. The molecule has 1 unspecified atom stereocenters. The van der Waals surface area contributed by atoms with Crippen LogP contribution in [0.15, 0.2) is 0 Å². The number of hydrogen-bond donors (Lipinski definition) is 0. The number of ketones is 1. The molecule has 0 bridgehead atoms. The van der Waals surface area contributed by atoms with E-state index in [4.69, 9.17) is 0 Å². The lowest BCUT2D eigenvalue weighted by Gasteiger charge is -1.98. The molecule has 4 heteroatoms. The average molecular weight is 134 g/mol. The molecule has 0 radical (unpaired) electrons. The monoisotopic (exact) mass is 134 g/mol. The molecule has 3 nitrogen and oxygen atoms in total. The smallest absolute Gasteiger partial charge is 0.195 e. The van der Waals surface area contributed by atoms with E-state index in [2.05, 4.69) is 4.74 Å². The minimum atomic E-state index is -0.769. The van der Waals surface area contributed by atoms with Gasteiger partial charge in [0.2, 0.25) is 0 Å². The van der Waals surface area contributed by atoms with Gasteiger partial charge in [0, 0.05) is 7.11 Å². The number of carbonyl (C=O) groups is 1. The van der Waals surface area contributed by atoms with Crippen LogP contribution in [-0.2, 0) is 14.1 Å². The standard InChI is InChI=1S/C4H7O3P/c1-3(5)4(7-2)8-6/h4H,1-2H3. The van der Waals surface area contributed by atoms with Gasteiger partial charge in [-0.25, -0.2) is 0 Å². The number of ether oxygens (including phenoxy) is 1. The molecule has 8 heavy (non-hydrogen) atoms. The van der Waals surface area contributed by atoms with E-state index < -0.39 is 5.85 Å². The minimum Gasteiger partial charge on any atom is -0.362 e. The predicted octanol–water partition coefficient (Wildman–Crippen LogP) is 0.840. The first-order chi connectivity index (χ1) is 3.72. The molecule has 0 fully saturated rings. The molecule has 0 saturated carbocycles. The Morgan fingerprint density at radius 1 is 1.75 bits per heavy atom. The molecule has 0 aliphatic carbocycles. The summed E-state index contributed by atoms with van der Waals surface area (Å²) >= 11 is 0. The summed E-state index contributed by atoms with van der Waals surface area (Å²) in [5, 5.41) is 0. The van der Waals surface area contributed by atoms with Crippen LogP contribution >= 0.6 is 8.46 Å². The lowest BCUT2D eigenvalue weighted by Crippen LogP contribution is -2.11. The van der Waals surface area contributed by atoms with Crippen LogP contribution in [0.5, 0.6) is 0 Å². The Hall–Kier alpha value is -0.270. The highest BCUT2D eigenvalue weighted by Crippen LogP contribution is 2.06. The van der Waals surface area contributed by atoms with E-state index in [0.29, 0.717) is 0 Å². The van der Waals surface area contributed by atoms with Crippen molar-refractivity contribution in [2.75, 3.05) is 7.11 Å². The Labute approximate surface area is 49.2 Å². The van der Waals surface area contributed by atoms with E-state index >= 15 is 0 Å². The summed E-state index contributed by atoms with van der Waals surface area (Å²) in [5.74, 6) is -0.987. The zero-order valence-corrected chi connectivity index (χ0v) is 5.64. The van der Waals surface area contributed by atoms with E-state index in [1.165, 1.54) is 14.0 Å². The molecule has 0 rings (SSSR count). The van der Waals surface area contributed by atoms with Crippen LogP contribution in [-0.4, -0.2) is 18.7 Å². The maximum absolute atomic E-state index is 10.3. The third-order valence-corrected chi connectivity index (χ3v) is 1.43. The molecular formula is C4H7O3P. The number of Topliss-reactive ketones (excluding diaryl/α,β-unsaturated/α-hetero) is 1. The van der Waals surface area contributed by atoms with Crippen LogP contribution in [0.2, 0.25) is 0 Å². The summed E-state index contributed by atoms with van der Waals surface area (Å²) in [4.78, 5) is 10.3. The Bertz CT molecular complexity index is 101. The molecule has 1 atom stereocenters. The third-order valence-electron chi connectivity index (χ3n) is 0.667. The maximum Gasteiger partial charge on any atom is 0.195 e. The van der Waals surface area contributed by atoms with Gasteiger partial charge in [-0.2, -0.15) is 0 Å². The van der Waals surface area contributed by atoms with Crippen LogP contribution in [0.25, 0.3) is 0 Å². The summed E-state index contributed by atoms with van der Waals surface area (Å²) in [6.45, 7) is 1.33. The number of hydrogen-bond acceptors (Lipinski definition) is 3. The molecule has 0 aromatic heterocycles. The quantitative estimate of drug-likeness (QED) is 0.537. The predicted molar refractivity (Wildman–Crippen MR) is 29.1 cm³/mol. The fourth-order valence-electron chi connectivity index (χ4n) is 0.283. The summed E-state index contributed by atoms with van der Waals surface area (Å²) in [6.07, 6.45) is 0. The van der Waals surface area contributed by atoms with Gasteiger partial charge in [0.25, 0.3) is 0 Å². The summed E-state index contributed by atoms with van der Waals surface area (Å²) in [7, 11) is 1.08. The normalized spacial score (nSPS) is 13.8. The second-order valence-corrected chi connectivity index (χ2v) is 1.98. The van der Waals surface area contributed by atoms with Crippen molar-refractivity contribution < 1.29 is 14.1 Å². The van der Waals surface area contributed by atoms with Gasteiger partial charge in [-0.3, -0.25) is 9.36 Å². The van der Waals surface area contributed by atoms with Crippen molar-refractivity contribution in [2.24, 2.45) is 0 Å². The first kappa shape index (κ1) is 7.73. The van der Waals surface area contributed by atoms with E-state index in [9.17, 15) is 9.36 Å². The van der Waals surface area contributed by atoms with Crippen molar-refractivity contribution in [3.8, 4) is 0 Å². The molecule has 0 aliphatic heterocycles. The lowest BCUT2D eigenvalue weighted by atomic mass is 10.5. The first-order valence-corrected chi connectivity index (χ1v) is 2.96. The lowest BCUT2D eigenvalue weighted by molar-refractivity contribution is -0.122. The SMILES string of the molecule is COC(P=O)C(C)=O. The fourth-order valence-corrected chi connectivity index (χ4v) is 0.518. The summed E-state index contributed by atoms with van der Waals surface area (Å²) in [5.41, 5.74) is 0. The van der Waals surface area contributed by atoms with Crippen LogP contribution in [0.3, 0.4) is 0 Å². The van der Waals surface area contributed by atoms with Gasteiger partial charge in [-0.15, -0.1) is 0 Å². The van der Waals surface area contributed by atoms with Crippen molar-refractivity contribution in [3.63, 3.8) is 0 Å². The van der Waals surface area contributed by atoms with Gasteiger partial charge in [-0.1, -0.05) is 0 Å². The van der Waals surface area contributed by atoms with Crippen molar-refractivity contribution in [1.82, 2.24) is 0 Å². The van der Waals surface area contributed by atoms with Crippen LogP contribution in [0.1, 0.15) is 6.92 Å². The highest BCUT2D eigenvalue weighted by molar-refractivity contribution is 7.26. The molecule has 0 spiro atoms. The molecule has 0 heterocycles. The number of methoxy groups -OCH3 is 1. The second-order valence-electron chi connectivity index (χ2n) is 1.30. The van der Waals surface area contributed by atoms with Crippen molar-refractivity contribution in [1.29, 1.82) is 0 Å². The van der Waals surface area contributed by atoms with Gasteiger partial charge in [0.15, 0.2) is 20.1 Å². The highest BCUT2D eigenvalue weighted by atomic mass is 31.1. The highest BCUT2D eigenvalue weighted by Gasteiger charge is 2.10. The first-order valence-electron chi connectivity index (χ1n) is 2.08. The van der Waals surface area contributed by atoms with Crippen LogP contribution in [0.4, 0.5) is 0 Å². The van der Waals surface area contributed by atoms with Gasteiger partial charge in [0.1, 0.15) is 0 Å². The largest absolute Gasteiger partial charge is 0.362 e. The number of carbonyl (C=O) groups excluding carboxylic acids is 1. The van der Waals surface area contributed by atoms with Crippen molar-refractivity contribution in [2.45, 2.75) is 12.8 Å². The molecule has 0 aromatic rings. The van der Waals surface area contributed by atoms with Crippen molar-refractivity contribution >= 4 is 14.2 Å². The van der Waals surface area contributed by atoms with Gasteiger partial charge < -0.3 is 4.74 Å². The fraction of sp³-hybridized carbons (Fsp3) is 0.750. The summed E-state index contributed by atoms with van der Waals surface area (Å²) < 4.78 is 14.4. The molecule has 0 N–H and O–H groups in total. The van der Waals surface area contributed by atoms with E-state index in [0.717, 1.165) is 0 Å². The summed E-state index contributed by atoms with van der Waals surface area (Å²) in [6, 6.07) is 0.